The van der Waals surface area contributed by atoms with E-state index in [0.29, 0.717) is 12.7 Å². The van der Waals surface area contributed by atoms with Crippen molar-refractivity contribution < 1.29 is 14.2 Å². The highest BCUT2D eigenvalue weighted by Crippen LogP contribution is 2.21. The highest BCUT2D eigenvalue weighted by atomic mass is 127. The lowest BCUT2D eigenvalue weighted by Crippen LogP contribution is -2.39. The number of halogens is 1. The van der Waals surface area contributed by atoms with Crippen molar-refractivity contribution in [1.82, 2.24) is 10.6 Å². The van der Waals surface area contributed by atoms with Crippen LogP contribution >= 0.6 is 24.0 Å². The molecule has 3 rings (SSSR count). The van der Waals surface area contributed by atoms with Gasteiger partial charge in [-0.25, -0.2) is 0 Å². The number of nitrogens with one attached hydrogen (secondary N) is 2. The second-order valence-corrected chi connectivity index (χ2v) is 7.14. The first kappa shape index (κ1) is 24.2. The molecule has 7 nitrogen and oxygen atoms in total. The molecule has 29 heavy (non-hydrogen) atoms. The first-order valence-electron chi connectivity index (χ1n) is 10.4. The Balaban J connectivity index is 0.00000300. The van der Waals surface area contributed by atoms with Gasteiger partial charge in [-0.15, -0.1) is 24.0 Å². The zero-order valence-corrected chi connectivity index (χ0v) is 19.7. The Morgan fingerprint density at radius 3 is 2.79 bits per heavy atom. The highest BCUT2D eigenvalue weighted by Gasteiger charge is 2.15. The number of hydrogen-bond acceptors (Lipinski definition) is 5. The SMILES string of the molecule is CN=C(NCCCOCC1CCCO1)NCc1ccccc1N1CCOCC1.I. The second kappa shape index (κ2) is 14.0. The van der Waals surface area contributed by atoms with Gasteiger partial charge in [0.25, 0.3) is 0 Å². The van der Waals surface area contributed by atoms with E-state index >= 15 is 0 Å². The first-order chi connectivity index (χ1) is 13.9. The Hall–Kier alpha value is -1.10. The first-order valence-corrected chi connectivity index (χ1v) is 10.4. The number of morpholine rings is 1. The fraction of sp³-hybridized carbons (Fsp3) is 0.667. The number of rotatable bonds is 9. The fourth-order valence-electron chi connectivity index (χ4n) is 3.54. The third-order valence-corrected chi connectivity index (χ3v) is 5.10. The molecule has 0 saturated carbocycles. The van der Waals surface area contributed by atoms with E-state index in [1.807, 2.05) is 0 Å². The van der Waals surface area contributed by atoms with Gasteiger partial charge in [-0.1, -0.05) is 18.2 Å². The zero-order valence-electron chi connectivity index (χ0n) is 17.4. The summed E-state index contributed by atoms with van der Waals surface area (Å²) in [6, 6.07) is 8.54. The highest BCUT2D eigenvalue weighted by molar-refractivity contribution is 14.0. The third-order valence-electron chi connectivity index (χ3n) is 5.10. The number of guanidine groups is 1. The van der Waals surface area contributed by atoms with Gasteiger partial charge in [0, 0.05) is 52.1 Å². The summed E-state index contributed by atoms with van der Waals surface area (Å²) in [4.78, 5) is 6.72. The standard InChI is InChI=1S/C21H34N4O3.HI/c1-22-21(23-9-5-12-27-17-19-7-4-13-28-19)24-16-18-6-2-3-8-20(18)25-10-14-26-15-11-25;/h2-3,6,8,19H,4-5,7,9-17H2,1H3,(H2,22,23,24);1H. The summed E-state index contributed by atoms with van der Waals surface area (Å²) in [7, 11) is 1.80. The van der Waals surface area contributed by atoms with Gasteiger partial charge < -0.3 is 29.7 Å². The van der Waals surface area contributed by atoms with Crippen molar-refractivity contribution in [2.24, 2.45) is 4.99 Å². The van der Waals surface area contributed by atoms with E-state index < -0.39 is 0 Å². The van der Waals surface area contributed by atoms with Gasteiger partial charge in [-0.2, -0.15) is 0 Å². The smallest absolute Gasteiger partial charge is 0.191 e. The monoisotopic (exact) mass is 518 g/mol. The topological polar surface area (TPSA) is 67.4 Å². The Kier molecular flexibility index (Phi) is 11.7. The number of anilines is 1. The van der Waals surface area contributed by atoms with E-state index in [4.69, 9.17) is 14.2 Å². The molecular formula is C21H35IN4O3. The number of ether oxygens (including phenoxy) is 3. The second-order valence-electron chi connectivity index (χ2n) is 7.14. The summed E-state index contributed by atoms with van der Waals surface area (Å²) in [5.74, 6) is 0.816. The summed E-state index contributed by atoms with van der Waals surface area (Å²) in [5, 5.41) is 6.78. The van der Waals surface area contributed by atoms with E-state index in [9.17, 15) is 0 Å². The molecule has 0 aliphatic carbocycles. The molecule has 0 amide bonds. The number of aliphatic imine (C=N–C) groups is 1. The predicted molar refractivity (Wildman–Crippen MR) is 128 cm³/mol. The van der Waals surface area contributed by atoms with Crippen LogP contribution in [0.4, 0.5) is 5.69 Å². The lowest BCUT2D eigenvalue weighted by molar-refractivity contribution is 0.0168. The summed E-state index contributed by atoms with van der Waals surface area (Å²) >= 11 is 0. The average molecular weight is 518 g/mol. The van der Waals surface area contributed by atoms with Gasteiger partial charge in [0.05, 0.1) is 25.9 Å². The minimum Gasteiger partial charge on any atom is -0.379 e. The van der Waals surface area contributed by atoms with Crippen LogP contribution in [0.2, 0.25) is 0 Å². The summed E-state index contributed by atoms with van der Waals surface area (Å²) in [6.07, 6.45) is 3.53. The van der Waals surface area contributed by atoms with Crippen molar-refractivity contribution in [3.05, 3.63) is 29.8 Å². The van der Waals surface area contributed by atoms with Crippen LogP contribution in [-0.4, -0.2) is 71.8 Å². The van der Waals surface area contributed by atoms with Crippen LogP contribution in [0.15, 0.2) is 29.3 Å². The molecule has 2 aliphatic heterocycles. The number of nitrogens with zero attached hydrogens (tertiary/aromatic N) is 2. The zero-order chi connectivity index (χ0) is 19.4. The van der Waals surface area contributed by atoms with E-state index in [1.54, 1.807) is 7.05 Å². The largest absolute Gasteiger partial charge is 0.379 e. The molecule has 1 aromatic carbocycles. The lowest BCUT2D eigenvalue weighted by Gasteiger charge is -2.30. The van der Waals surface area contributed by atoms with Crippen LogP contribution < -0.4 is 15.5 Å². The number of para-hydroxylation sites is 1. The molecular weight excluding hydrogens is 483 g/mol. The molecule has 1 unspecified atom stereocenters. The minimum absolute atomic E-state index is 0. The molecule has 0 spiro atoms. The van der Waals surface area contributed by atoms with Crippen LogP contribution in [0.1, 0.15) is 24.8 Å². The Morgan fingerprint density at radius 2 is 2.03 bits per heavy atom. The van der Waals surface area contributed by atoms with Gasteiger partial charge in [0.1, 0.15) is 0 Å². The van der Waals surface area contributed by atoms with Crippen LogP contribution in [0, 0.1) is 0 Å². The maximum Gasteiger partial charge on any atom is 0.191 e. The molecule has 2 saturated heterocycles. The average Bonchev–Trinajstić information content (AvgIpc) is 3.27. The maximum atomic E-state index is 5.70. The third kappa shape index (κ3) is 8.27. The van der Waals surface area contributed by atoms with Crippen molar-refractivity contribution >= 4 is 35.6 Å². The van der Waals surface area contributed by atoms with Crippen molar-refractivity contribution in [2.75, 3.05) is 64.6 Å². The predicted octanol–water partition coefficient (Wildman–Crippen LogP) is 2.39. The van der Waals surface area contributed by atoms with Gasteiger partial charge in [0.2, 0.25) is 0 Å². The molecule has 0 radical (unpaired) electrons. The van der Waals surface area contributed by atoms with Gasteiger partial charge in [-0.3, -0.25) is 4.99 Å². The van der Waals surface area contributed by atoms with Crippen LogP contribution in [0.25, 0.3) is 0 Å². The van der Waals surface area contributed by atoms with Crippen LogP contribution in [0.3, 0.4) is 0 Å². The summed E-state index contributed by atoms with van der Waals surface area (Å²) < 4.78 is 16.7. The van der Waals surface area contributed by atoms with E-state index in [2.05, 4.69) is 44.8 Å². The Morgan fingerprint density at radius 1 is 1.21 bits per heavy atom. The van der Waals surface area contributed by atoms with Gasteiger partial charge >= 0.3 is 0 Å². The number of benzene rings is 1. The number of hydrogen-bond donors (Lipinski definition) is 2. The van der Waals surface area contributed by atoms with Crippen molar-refractivity contribution in [2.45, 2.75) is 31.9 Å². The summed E-state index contributed by atoms with van der Waals surface area (Å²) in [5.41, 5.74) is 2.54. The minimum atomic E-state index is 0. The van der Waals surface area contributed by atoms with Gasteiger partial charge in [0.15, 0.2) is 5.96 Å². The van der Waals surface area contributed by atoms with Crippen molar-refractivity contribution in [3.63, 3.8) is 0 Å². The molecule has 2 aliphatic rings. The Bertz CT molecular complexity index is 605. The van der Waals surface area contributed by atoms with Crippen molar-refractivity contribution in [1.29, 1.82) is 0 Å². The van der Waals surface area contributed by atoms with Crippen molar-refractivity contribution in [3.8, 4) is 0 Å². The van der Waals surface area contributed by atoms with E-state index in [-0.39, 0.29) is 24.0 Å². The lowest BCUT2D eigenvalue weighted by atomic mass is 10.1. The van der Waals surface area contributed by atoms with E-state index in [0.717, 1.165) is 77.8 Å². The Labute approximate surface area is 191 Å². The molecule has 0 aromatic heterocycles. The maximum absolute atomic E-state index is 5.70. The molecule has 8 heteroatoms. The van der Waals surface area contributed by atoms with E-state index in [1.165, 1.54) is 11.3 Å². The van der Waals surface area contributed by atoms with Crippen LogP contribution in [-0.2, 0) is 20.8 Å². The quantitative estimate of drug-likeness (QED) is 0.227. The molecule has 164 valence electrons. The molecule has 2 N–H and O–H groups in total. The molecule has 2 fully saturated rings. The van der Waals surface area contributed by atoms with Crippen LogP contribution in [0.5, 0.6) is 0 Å². The molecule has 1 aromatic rings. The molecule has 2 heterocycles. The molecule has 1 atom stereocenters. The summed E-state index contributed by atoms with van der Waals surface area (Å²) in [6.45, 7) is 7.37. The normalized spacial score (nSPS) is 19.7. The van der Waals surface area contributed by atoms with Gasteiger partial charge in [-0.05, 0) is 30.9 Å². The fourth-order valence-corrected chi connectivity index (χ4v) is 3.54. The molecule has 0 bridgehead atoms.